The molecule has 5 rings (SSSR count). The zero-order chi connectivity index (χ0) is 23.7. The van der Waals surface area contributed by atoms with E-state index in [4.69, 9.17) is 9.84 Å². The van der Waals surface area contributed by atoms with Gasteiger partial charge in [0.05, 0.1) is 36.5 Å². The van der Waals surface area contributed by atoms with Gasteiger partial charge in [-0.05, 0) is 42.0 Å². The first-order valence-corrected chi connectivity index (χ1v) is 12.7. The van der Waals surface area contributed by atoms with Crippen molar-refractivity contribution in [2.75, 3.05) is 13.4 Å². The molecule has 0 N–H and O–H groups in total. The third kappa shape index (κ3) is 4.20. The van der Waals surface area contributed by atoms with E-state index >= 15 is 0 Å². The monoisotopic (exact) mass is 472 g/mol. The van der Waals surface area contributed by atoms with Gasteiger partial charge in [-0.3, -0.25) is 0 Å². The first-order chi connectivity index (χ1) is 16.4. The number of rotatable bonds is 6. The zero-order valence-corrected chi connectivity index (χ0v) is 19.7. The van der Waals surface area contributed by atoms with Crippen LogP contribution in [0.1, 0.15) is 23.6 Å². The van der Waals surface area contributed by atoms with Crippen molar-refractivity contribution in [1.82, 2.24) is 14.2 Å². The Morgan fingerprint density at radius 3 is 2.15 bits per heavy atom. The van der Waals surface area contributed by atoms with Crippen molar-refractivity contribution in [1.29, 1.82) is 0 Å². The molecule has 0 amide bonds. The summed E-state index contributed by atoms with van der Waals surface area (Å²) in [6.45, 7) is 0. The van der Waals surface area contributed by atoms with Crippen molar-refractivity contribution >= 4 is 15.7 Å². The van der Waals surface area contributed by atoms with Crippen molar-refractivity contribution in [2.24, 2.45) is 5.10 Å². The van der Waals surface area contributed by atoms with Gasteiger partial charge >= 0.3 is 0 Å². The summed E-state index contributed by atoms with van der Waals surface area (Å²) in [6.07, 6.45) is 3.52. The van der Waals surface area contributed by atoms with Gasteiger partial charge in [0.2, 0.25) is 10.0 Å². The van der Waals surface area contributed by atoms with Gasteiger partial charge in [-0.25, -0.2) is 13.1 Å². The van der Waals surface area contributed by atoms with Crippen molar-refractivity contribution in [3.8, 4) is 22.7 Å². The third-order valence-corrected chi connectivity index (χ3v) is 6.82. The molecule has 0 aliphatic carbocycles. The average Bonchev–Trinajstić information content (AvgIpc) is 3.50. The Kier molecular flexibility index (Phi) is 5.67. The fourth-order valence-corrected chi connectivity index (χ4v) is 5.05. The Hall–Kier alpha value is -3.91. The van der Waals surface area contributed by atoms with E-state index in [0.29, 0.717) is 12.1 Å². The molecule has 0 bridgehead atoms. The smallest absolute Gasteiger partial charge is 0.247 e. The van der Waals surface area contributed by atoms with Crippen molar-refractivity contribution in [2.45, 2.75) is 12.5 Å². The number of ether oxygens (including phenoxy) is 1. The predicted molar refractivity (Wildman–Crippen MR) is 133 cm³/mol. The van der Waals surface area contributed by atoms with Crippen LogP contribution in [0.3, 0.4) is 0 Å². The van der Waals surface area contributed by atoms with Gasteiger partial charge in [0.15, 0.2) is 0 Å². The topological polar surface area (TPSA) is 76.8 Å². The van der Waals surface area contributed by atoms with Gasteiger partial charge < -0.3 is 4.74 Å². The van der Waals surface area contributed by atoms with E-state index in [9.17, 15) is 8.42 Å². The molecule has 1 atom stereocenters. The summed E-state index contributed by atoms with van der Waals surface area (Å²) >= 11 is 0. The number of benzene rings is 3. The standard InChI is InChI=1S/C26H24N4O3S/c1-33-22-15-13-19(14-16-22)24-17-25(30(27-24)34(2,31)32)23-18-29(21-11-7-4-8-12-21)28-26(23)20-9-5-3-6-10-20/h3-16,18,25H,17H2,1-2H3. The number of methoxy groups -OCH3 is 1. The van der Waals surface area contributed by atoms with E-state index in [2.05, 4.69) is 5.10 Å². The fraction of sp³-hybridized carbons (Fsp3) is 0.154. The lowest BCUT2D eigenvalue weighted by atomic mass is 9.97. The molecular weight excluding hydrogens is 448 g/mol. The molecule has 3 aromatic carbocycles. The van der Waals surface area contributed by atoms with Crippen LogP contribution >= 0.6 is 0 Å². The van der Waals surface area contributed by atoms with Gasteiger partial charge in [0.1, 0.15) is 5.75 Å². The first-order valence-electron chi connectivity index (χ1n) is 10.9. The van der Waals surface area contributed by atoms with Gasteiger partial charge in [0.25, 0.3) is 0 Å². The van der Waals surface area contributed by atoms with Crippen LogP contribution in [0.15, 0.2) is 96.2 Å². The van der Waals surface area contributed by atoms with Crippen LogP contribution < -0.4 is 4.74 Å². The third-order valence-electron chi connectivity index (χ3n) is 5.81. The lowest BCUT2D eigenvalue weighted by Crippen LogP contribution is -2.26. The quantitative estimate of drug-likeness (QED) is 0.409. The molecule has 2 heterocycles. The van der Waals surface area contributed by atoms with Crippen LogP contribution in [0.5, 0.6) is 5.75 Å². The van der Waals surface area contributed by atoms with E-state index in [-0.39, 0.29) is 0 Å². The van der Waals surface area contributed by atoms with E-state index < -0.39 is 16.1 Å². The SMILES string of the molecule is COc1ccc(C2=NN(S(C)(=O)=O)C(c3cn(-c4ccccc4)nc3-c3ccccc3)C2)cc1. The van der Waals surface area contributed by atoms with Crippen LogP contribution in [0, 0.1) is 0 Å². The van der Waals surface area contributed by atoms with E-state index in [1.807, 2.05) is 91.1 Å². The second-order valence-electron chi connectivity index (χ2n) is 8.11. The Morgan fingerprint density at radius 1 is 0.882 bits per heavy atom. The van der Waals surface area contributed by atoms with Crippen LogP contribution in [-0.2, 0) is 10.0 Å². The van der Waals surface area contributed by atoms with Gasteiger partial charge in [-0.15, -0.1) is 0 Å². The number of hydrogen-bond acceptors (Lipinski definition) is 5. The van der Waals surface area contributed by atoms with Crippen molar-refractivity contribution in [3.05, 3.63) is 102 Å². The highest BCUT2D eigenvalue weighted by molar-refractivity contribution is 7.88. The van der Waals surface area contributed by atoms with Gasteiger partial charge in [0, 0.05) is 23.7 Å². The molecule has 0 radical (unpaired) electrons. The van der Waals surface area contributed by atoms with Crippen LogP contribution in [0.4, 0.5) is 0 Å². The largest absolute Gasteiger partial charge is 0.497 e. The van der Waals surface area contributed by atoms with Crippen LogP contribution in [0.25, 0.3) is 16.9 Å². The summed E-state index contributed by atoms with van der Waals surface area (Å²) in [5.41, 5.74) is 4.89. The second-order valence-corrected chi connectivity index (χ2v) is 9.95. The highest BCUT2D eigenvalue weighted by Crippen LogP contribution is 2.39. The van der Waals surface area contributed by atoms with Crippen molar-refractivity contribution < 1.29 is 13.2 Å². The maximum absolute atomic E-state index is 12.8. The summed E-state index contributed by atoms with van der Waals surface area (Å²) in [5, 5.41) is 9.40. The number of aromatic nitrogens is 2. The van der Waals surface area contributed by atoms with Crippen LogP contribution in [-0.4, -0.2) is 41.7 Å². The molecule has 1 aliphatic rings. The molecule has 1 unspecified atom stereocenters. The molecule has 0 spiro atoms. The molecule has 8 heteroatoms. The highest BCUT2D eigenvalue weighted by Gasteiger charge is 2.37. The lowest BCUT2D eigenvalue weighted by molar-refractivity contribution is 0.375. The maximum Gasteiger partial charge on any atom is 0.247 e. The number of sulfonamides is 1. The molecule has 0 fully saturated rings. The Labute approximate surface area is 199 Å². The molecule has 1 aliphatic heterocycles. The maximum atomic E-state index is 12.8. The first kappa shape index (κ1) is 21.9. The Balaban J connectivity index is 1.62. The summed E-state index contributed by atoms with van der Waals surface area (Å²) in [6, 6.07) is 26.5. The average molecular weight is 473 g/mol. The van der Waals surface area contributed by atoms with E-state index in [1.54, 1.807) is 11.8 Å². The molecule has 34 heavy (non-hydrogen) atoms. The lowest BCUT2D eigenvalue weighted by Gasteiger charge is -2.21. The van der Waals surface area contributed by atoms with Crippen LogP contribution in [0.2, 0.25) is 0 Å². The molecule has 0 saturated heterocycles. The predicted octanol–water partition coefficient (Wildman–Crippen LogP) is 4.66. The number of hydrogen-bond donors (Lipinski definition) is 0. The normalized spacial score (nSPS) is 15.9. The summed E-state index contributed by atoms with van der Waals surface area (Å²) in [4.78, 5) is 0. The van der Waals surface area contributed by atoms with Crippen molar-refractivity contribution in [3.63, 3.8) is 0 Å². The second kappa shape index (κ2) is 8.79. The van der Waals surface area contributed by atoms with E-state index in [1.165, 1.54) is 10.7 Å². The molecule has 172 valence electrons. The fourth-order valence-electron chi connectivity index (χ4n) is 4.15. The minimum Gasteiger partial charge on any atom is -0.497 e. The number of para-hydroxylation sites is 1. The summed E-state index contributed by atoms with van der Waals surface area (Å²) in [5.74, 6) is 0.731. The number of hydrazone groups is 1. The summed E-state index contributed by atoms with van der Waals surface area (Å²) in [7, 11) is -2.01. The number of nitrogens with zero attached hydrogens (tertiary/aromatic N) is 4. The molecule has 4 aromatic rings. The highest BCUT2D eigenvalue weighted by atomic mass is 32.2. The molecule has 1 aromatic heterocycles. The molecule has 0 saturated carbocycles. The zero-order valence-electron chi connectivity index (χ0n) is 18.9. The van der Waals surface area contributed by atoms with Gasteiger partial charge in [-0.2, -0.15) is 14.6 Å². The van der Waals surface area contributed by atoms with Gasteiger partial charge in [-0.1, -0.05) is 48.5 Å². The minimum absolute atomic E-state index is 0.430. The Bertz CT molecular complexity index is 1430. The Morgan fingerprint density at radius 2 is 1.53 bits per heavy atom. The van der Waals surface area contributed by atoms with E-state index in [0.717, 1.165) is 33.8 Å². The summed E-state index contributed by atoms with van der Waals surface area (Å²) < 4.78 is 33.8. The molecule has 7 nitrogen and oxygen atoms in total. The minimum atomic E-state index is -3.62. The molecular formula is C26H24N4O3S.